The molecule has 1 atom stereocenters. The number of aromatic nitrogens is 3. The number of carbonyl (C=O) groups is 1. The first-order valence-electron chi connectivity index (χ1n) is 10.6. The number of hydrogen-bond donors (Lipinski definition) is 1. The van der Waals surface area contributed by atoms with Crippen LogP contribution in [0.1, 0.15) is 62.6 Å². The molecule has 1 aliphatic carbocycles. The number of benzene rings is 1. The summed E-state index contributed by atoms with van der Waals surface area (Å²) in [5, 5.41) is 13.7. The highest BCUT2D eigenvalue weighted by Crippen LogP contribution is 2.33. The number of carbonyl (C=O) groups excluding carboxylic acids is 1. The van der Waals surface area contributed by atoms with Crippen LogP contribution in [-0.2, 0) is 11.3 Å². The molecule has 4 rings (SSSR count). The van der Waals surface area contributed by atoms with Gasteiger partial charge in [-0.2, -0.15) is 0 Å². The molecule has 1 saturated carbocycles. The third-order valence-corrected chi connectivity index (χ3v) is 6.58. The monoisotopic (exact) mass is 424 g/mol. The molecule has 1 fully saturated rings. The molecule has 158 valence electrons. The fourth-order valence-electron chi connectivity index (χ4n) is 4.07. The second-order valence-electron chi connectivity index (χ2n) is 7.84. The molecule has 0 aliphatic heterocycles. The Bertz CT molecular complexity index is 986. The van der Waals surface area contributed by atoms with E-state index in [2.05, 4.69) is 26.7 Å². The van der Waals surface area contributed by atoms with E-state index in [9.17, 15) is 4.79 Å². The van der Waals surface area contributed by atoms with Gasteiger partial charge in [-0.15, -0.1) is 16.8 Å². The van der Waals surface area contributed by atoms with Gasteiger partial charge in [-0.05, 0) is 31.9 Å². The lowest BCUT2D eigenvalue weighted by Gasteiger charge is -2.21. The van der Waals surface area contributed by atoms with E-state index in [0.717, 1.165) is 40.6 Å². The Morgan fingerprint density at radius 1 is 1.33 bits per heavy atom. The Hall–Kier alpha value is -2.54. The molecule has 7 heteroatoms. The first kappa shape index (κ1) is 20.7. The second kappa shape index (κ2) is 9.51. The minimum atomic E-state index is -0.200. The summed E-state index contributed by atoms with van der Waals surface area (Å²) >= 11 is 1.42. The summed E-state index contributed by atoms with van der Waals surface area (Å²) in [4.78, 5) is 12.5. The molecule has 2 heterocycles. The van der Waals surface area contributed by atoms with Gasteiger partial charge in [0.25, 0.3) is 0 Å². The van der Waals surface area contributed by atoms with Gasteiger partial charge in [-0.25, -0.2) is 0 Å². The van der Waals surface area contributed by atoms with E-state index in [-0.39, 0.29) is 17.7 Å². The Morgan fingerprint density at radius 3 is 2.90 bits per heavy atom. The Labute approximate surface area is 181 Å². The topological polar surface area (TPSA) is 73.0 Å². The lowest BCUT2D eigenvalue weighted by atomic mass is 9.89. The number of furan rings is 1. The highest BCUT2D eigenvalue weighted by Gasteiger charge is 2.23. The van der Waals surface area contributed by atoms with Crippen LogP contribution in [0.4, 0.5) is 0 Å². The normalized spacial score (nSPS) is 15.9. The molecule has 3 aromatic rings. The third kappa shape index (κ3) is 4.61. The fourth-order valence-corrected chi connectivity index (χ4v) is 4.84. The van der Waals surface area contributed by atoms with Crippen LogP contribution in [0, 0.1) is 0 Å². The van der Waals surface area contributed by atoms with Crippen molar-refractivity contribution in [3.05, 3.63) is 54.6 Å². The van der Waals surface area contributed by atoms with E-state index in [1.165, 1.54) is 31.0 Å². The SMILES string of the molecule is C=CCn1c(SCC(=O)NC(C)c2cc3ccccc3o2)nnc1C1CCCCC1. The van der Waals surface area contributed by atoms with Gasteiger partial charge in [-0.1, -0.05) is 55.3 Å². The molecule has 1 amide bonds. The standard InChI is InChI=1S/C23H28N4O2S/c1-3-13-27-22(17-9-5-4-6-10-17)25-26-23(27)30-15-21(28)24-16(2)20-14-18-11-7-8-12-19(18)29-20/h3,7-8,11-12,14,16-17H,1,4-6,9-10,13,15H2,2H3,(H,24,28). The highest BCUT2D eigenvalue weighted by atomic mass is 32.2. The summed E-state index contributed by atoms with van der Waals surface area (Å²) in [6.45, 7) is 6.47. The van der Waals surface area contributed by atoms with E-state index in [0.29, 0.717) is 12.5 Å². The van der Waals surface area contributed by atoms with Gasteiger partial charge in [-0.3, -0.25) is 4.79 Å². The lowest BCUT2D eigenvalue weighted by Crippen LogP contribution is -2.28. The van der Waals surface area contributed by atoms with Crippen molar-refractivity contribution in [1.82, 2.24) is 20.1 Å². The van der Waals surface area contributed by atoms with Crippen molar-refractivity contribution in [2.75, 3.05) is 5.75 Å². The lowest BCUT2D eigenvalue weighted by molar-refractivity contribution is -0.119. The number of hydrogen-bond acceptors (Lipinski definition) is 5. The maximum absolute atomic E-state index is 12.5. The van der Waals surface area contributed by atoms with E-state index in [1.54, 1.807) is 0 Å². The number of amides is 1. The number of para-hydroxylation sites is 1. The molecular formula is C23H28N4O2S. The number of fused-ring (bicyclic) bond motifs is 1. The van der Waals surface area contributed by atoms with Crippen LogP contribution >= 0.6 is 11.8 Å². The van der Waals surface area contributed by atoms with Crippen molar-refractivity contribution < 1.29 is 9.21 Å². The van der Waals surface area contributed by atoms with Crippen molar-refractivity contribution in [1.29, 1.82) is 0 Å². The molecule has 2 aromatic heterocycles. The molecule has 0 saturated heterocycles. The molecule has 6 nitrogen and oxygen atoms in total. The molecule has 1 N–H and O–H groups in total. The summed E-state index contributed by atoms with van der Waals surface area (Å²) < 4.78 is 7.97. The fraction of sp³-hybridized carbons (Fsp3) is 0.435. The van der Waals surface area contributed by atoms with Gasteiger partial charge in [0, 0.05) is 17.8 Å². The molecule has 1 unspecified atom stereocenters. The van der Waals surface area contributed by atoms with Crippen LogP contribution in [0.5, 0.6) is 0 Å². The molecule has 0 radical (unpaired) electrons. The van der Waals surface area contributed by atoms with Crippen molar-refractivity contribution in [2.45, 2.75) is 62.7 Å². The summed E-state index contributed by atoms with van der Waals surface area (Å²) in [5.74, 6) is 2.48. The average Bonchev–Trinajstić information content (AvgIpc) is 3.37. The van der Waals surface area contributed by atoms with Gasteiger partial charge in [0.15, 0.2) is 5.16 Å². The molecule has 1 aromatic carbocycles. The van der Waals surface area contributed by atoms with Gasteiger partial charge in [0.1, 0.15) is 17.2 Å². The predicted molar refractivity (Wildman–Crippen MR) is 120 cm³/mol. The van der Waals surface area contributed by atoms with Gasteiger partial charge in [0.05, 0.1) is 11.8 Å². The number of allylic oxidation sites excluding steroid dienone is 1. The summed E-state index contributed by atoms with van der Waals surface area (Å²) in [6.07, 6.45) is 7.98. The Kier molecular flexibility index (Phi) is 6.57. The smallest absolute Gasteiger partial charge is 0.231 e. The molecule has 0 bridgehead atoms. The molecular weight excluding hydrogens is 396 g/mol. The Morgan fingerprint density at radius 2 is 2.13 bits per heavy atom. The minimum Gasteiger partial charge on any atom is -0.459 e. The number of nitrogens with zero attached hydrogens (tertiary/aromatic N) is 3. The minimum absolute atomic E-state index is 0.0553. The van der Waals surface area contributed by atoms with Crippen LogP contribution in [0.25, 0.3) is 11.0 Å². The van der Waals surface area contributed by atoms with Crippen LogP contribution in [-0.4, -0.2) is 26.4 Å². The zero-order chi connectivity index (χ0) is 20.9. The van der Waals surface area contributed by atoms with E-state index < -0.39 is 0 Å². The number of nitrogens with one attached hydrogen (secondary N) is 1. The van der Waals surface area contributed by atoms with Crippen molar-refractivity contribution in [3.8, 4) is 0 Å². The maximum Gasteiger partial charge on any atom is 0.231 e. The van der Waals surface area contributed by atoms with Crippen LogP contribution < -0.4 is 5.32 Å². The largest absolute Gasteiger partial charge is 0.459 e. The first-order chi connectivity index (χ1) is 14.7. The van der Waals surface area contributed by atoms with Crippen LogP contribution in [0.3, 0.4) is 0 Å². The van der Waals surface area contributed by atoms with Crippen LogP contribution in [0.15, 0.2) is 52.6 Å². The average molecular weight is 425 g/mol. The van der Waals surface area contributed by atoms with Crippen molar-refractivity contribution >= 4 is 28.6 Å². The Balaban J connectivity index is 1.38. The maximum atomic E-state index is 12.5. The molecule has 30 heavy (non-hydrogen) atoms. The van der Waals surface area contributed by atoms with E-state index in [4.69, 9.17) is 4.42 Å². The van der Waals surface area contributed by atoms with Gasteiger partial charge in [0.2, 0.25) is 5.91 Å². The molecule has 1 aliphatic rings. The van der Waals surface area contributed by atoms with E-state index in [1.807, 2.05) is 43.3 Å². The van der Waals surface area contributed by atoms with Gasteiger partial charge < -0.3 is 14.3 Å². The first-order valence-corrected chi connectivity index (χ1v) is 11.6. The van der Waals surface area contributed by atoms with Crippen molar-refractivity contribution in [3.63, 3.8) is 0 Å². The van der Waals surface area contributed by atoms with Crippen LogP contribution in [0.2, 0.25) is 0 Å². The summed E-state index contributed by atoms with van der Waals surface area (Å²) in [6, 6.07) is 9.63. The quantitative estimate of drug-likeness (QED) is 0.396. The highest BCUT2D eigenvalue weighted by molar-refractivity contribution is 7.99. The zero-order valence-electron chi connectivity index (χ0n) is 17.3. The van der Waals surface area contributed by atoms with E-state index >= 15 is 0 Å². The number of rotatable bonds is 8. The zero-order valence-corrected chi connectivity index (χ0v) is 18.2. The van der Waals surface area contributed by atoms with Crippen molar-refractivity contribution in [2.24, 2.45) is 0 Å². The third-order valence-electron chi connectivity index (χ3n) is 5.61. The second-order valence-corrected chi connectivity index (χ2v) is 8.78. The summed E-state index contributed by atoms with van der Waals surface area (Å²) in [7, 11) is 0. The summed E-state index contributed by atoms with van der Waals surface area (Å²) in [5.41, 5.74) is 0.829. The van der Waals surface area contributed by atoms with Gasteiger partial charge >= 0.3 is 0 Å². The molecule has 0 spiro atoms. The predicted octanol–water partition coefficient (Wildman–Crippen LogP) is 5.23. The number of thioether (sulfide) groups is 1.